The molecule has 0 atom stereocenters. The van der Waals surface area contributed by atoms with Gasteiger partial charge in [-0.15, -0.1) is 12.4 Å². The fraction of sp³-hybridized carbons (Fsp3) is 0.364. The number of hydrogen-bond acceptors (Lipinski definition) is 5. The monoisotopic (exact) mass is 315 g/mol. The molecule has 2 aromatic rings. The minimum Gasteiger partial charge on any atom is -0.345 e. The van der Waals surface area contributed by atoms with Gasteiger partial charge in [0.2, 0.25) is 0 Å². The smallest absolute Gasteiger partial charge is 0.304 e. The predicted molar refractivity (Wildman–Crippen MR) is 77.4 cm³/mol. The van der Waals surface area contributed by atoms with Gasteiger partial charge in [-0.05, 0) is 0 Å². The van der Waals surface area contributed by atoms with Gasteiger partial charge < -0.3 is 15.6 Å². The first kappa shape index (κ1) is 14.8. The number of fused-ring (bicyclic) bond motifs is 1. The summed E-state index contributed by atoms with van der Waals surface area (Å²) in [6.07, 6.45) is 0.855. The van der Waals surface area contributed by atoms with E-state index in [1.165, 1.54) is 0 Å². The van der Waals surface area contributed by atoms with Crippen LogP contribution >= 0.6 is 23.7 Å². The summed E-state index contributed by atoms with van der Waals surface area (Å²) >= 11 is 1.08. The van der Waals surface area contributed by atoms with Crippen LogP contribution in [0.15, 0.2) is 10.2 Å². The summed E-state index contributed by atoms with van der Waals surface area (Å²) < 4.78 is 0. The van der Waals surface area contributed by atoms with E-state index < -0.39 is 0 Å². The molecule has 3 heterocycles. The van der Waals surface area contributed by atoms with E-state index in [1.807, 2.05) is 0 Å². The maximum Gasteiger partial charge on any atom is 0.304 e. The molecule has 4 N–H and O–H groups in total. The molecule has 0 saturated carbocycles. The highest BCUT2D eigenvalue weighted by Gasteiger charge is 2.21. The van der Waals surface area contributed by atoms with Crippen LogP contribution in [0.3, 0.4) is 0 Å². The van der Waals surface area contributed by atoms with Gasteiger partial charge >= 0.3 is 4.87 Å². The van der Waals surface area contributed by atoms with Crippen molar-refractivity contribution >= 4 is 29.7 Å². The van der Waals surface area contributed by atoms with Gasteiger partial charge in [0.15, 0.2) is 5.69 Å². The highest BCUT2D eigenvalue weighted by Crippen LogP contribution is 2.15. The largest absolute Gasteiger partial charge is 0.345 e. The molecule has 1 aliphatic heterocycles. The maximum absolute atomic E-state index is 12.0. The fourth-order valence-corrected chi connectivity index (χ4v) is 2.65. The van der Waals surface area contributed by atoms with Crippen LogP contribution < -0.4 is 15.5 Å². The molecule has 0 aliphatic carbocycles. The number of hydrogen-bond donors (Lipinski definition) is 4. The average Bonchev–Trinajstić information content (AvgIpc) is 3.02. The lowest BCUT2D eigenvalue weighted by atomic mass is 10.1. The van der Waals surface area contributed by atoms with E-state index in [0.717, 1.165) is 35.6 Å². The summed E-state index contributed by atoms with van der Waals surface area (Å²) in [6.45, 7) is 1.85. The molecular weight excluding hydrogens is 302 g/mol. The fourth-order valence-electron chi connectivity index (χ4n) is 2.07. The Kier molecular flexibility index (Phi) is 4.58. The Morgan fingerprint density at radius 1 is 1.50 bits per heavy atom. The lowest BCUT2D eigenvalue weighted by molar-refractivity contribution is 0.0944. The normalized spacial score (nSPS) is 13.4. The number of thiazole rings is 1. The maximum atomic E-state index is 12.0. The van der Waals surface area contributed by atoms with Gasteiger partial charge in [-0.1, -0.05) is 11.3 Å². The number of amides is 1. The quantitative estimate of drug-likeness (QED) is 0.647. The number of carbonyl (C=O) groups excluding carboxylic acids is 1. The first-order valence-electron chi connectivity index (χ1n) is 5.96. The SMILES string of the molecule is Cl.O=C(NCc1csc(=O)[nH]1)c1n[nH]c2c1CNCC2. The van der Waals surface area contributed by atoms with Gasteiger partial charge in [-0.25, -0.2) is 0 Å². The van der Waals surface area contributed by atoms with Gasteiger partial charge in [-0.2, -0.15) is 5.10 Å². The number of carbonyl (C=O) groups is 1. The summed E-state index contributed by atoms with van der Waals surface area (Å²) in [5.74, 6) is -0.228. The van der Waals surface area contributed by atoms with E-state index in [4.69, 9.17) is 0 Å². The van der Waals surface area contributed by atoms with Crippen LogP contribution in [0.25, 0.3) is 0 Å². The molecule has 0 bridgehead atoms. The van der Waals surface area contributed by atoms with E-state index in [1.54, 1.807) is 5.38 Å². The standard InChI is InChI=1S/C11H13N5O2S.ClH/c17-10(13-3-6-5-19-11(18)14-6)9-7-4-12-2-1-8(7)15-16-9;/h5,12H,1-4H2,(H,13,17)(H,14,18)(H,15,16);1H. The molecule has 3 rings (SSSR count). The van der Waals surface area contributed by atoms with E-state index in [2.05, 4.69) is 25.8 Å². The topological polar surface area (TPSA) is 103 Å². The van der Waals surface area contributed by atoms with E-state index in [0.29, 0.717) is 24.5 Å². The van der Waals surface area contributed by atoms with Crippen LogP contribution in [0, 0.1) is 0 Å². The third-order valence-corrected chi connectivity index (χ3v) is 3.75. The molecule has 0 fully saturated rings. The zero-order valence-electron chi connectivity index (χ0n) is 10.5. The predicted octanol–water partition coefficient (Wildman–Crippen LogP) is 0.157. The average molecular weight is 316 g/mol. The van der Waals surface area contributed by atoms with Crippen molar-refractivity contribution in [3.8, 4) is 0 Å². The summed E-state index contributed by atoms with van der Waals surface area (Å²) in [7, 11) is 0. The molecule has 0 unspecified atom stereocenters. The van der Waals surface area contributed by atoms with Gasteiger partial charge in [0.05, 0.1) is 6.54 Å². The zero-order chi connectivity index (χ0) is 13.2. The molecule has 9 heteroatoms. The van der Waals surface area contributed by atoms with Crippen molar-refractivity contribution in [3.63, 3.8) is 0 Å². The molecule has 0 spiro atoms. The second kappa shape index (κ2) is 6.21. The summed E-state index contributed by atoms with van der Waals surface area (Å²) in [5, 5.41) is 14.6. The second-order valence-electron chi connectivity index (χ2n) is 4.31. The number of nitrogens with one attached hydrogen (secondary N) is 4. The van der Waals surface area contributed by atoms with Gasteiger partial charge in [-0.3, -0.25) is 14.7 Å². The minimum absolute atomic E-state index is 0. The minimum atomic E-state index is -0.228. The molecule has 2 aromatic heterocycles. The Morgan fingerprint density at radius 3 is 3.10 bits per heavy atom. The summed E-state index contributed by atoms with van der Waals surface area (Å²) in [5.41, 5.74) is 3.08. The van der Waals surface area contributed by atoms with E-state index in [9.17, 15) is 9.59 Å². The van der Waals surface area contributed by atoms with E-state index in [-0.39, 0.29) is 23.2 Å². The first-order chi connectivity index (χ1) is 9.24. The van der Waals surface area contributed by atoms with Crippen LogP contribution in [0.2, 0.25) is 0 Å². The molecule has 1 aliphatic rings. The van der Waals surface area contributed by atoms with Gasteiger partial charge in [0, 0.05) is 41.8 Å². The lowest BCUT2D eigenvalue weighted by Crippen LogP contribution is -2.28. The van der Waals surface area contributed by atoms with Crippen molar-refractivity contribution in [2.75, 3.05) is 6.54 Å². The van der Waals surface area contributed by atoms with E-state index >= 15 is 0 Å². The molecule has 7 nitrogen and oxygen atoms in total. The van der Waals surface area contributed by atoms with Crippen molar-refractivity contribution in [1.29, 1.82) is 0 Å². The number of H-pyrrole nitrogens is 2. The van der Waals surface area contributed by atoms with Crippen LogP contribution in [0.1, 0.15) is 27.4 Å². The third kappa shape index (κ3) is 2.92. The molecule has 20 heavy (non-hydrogen) atoms. The van der Waals surface area contributed by atoms with Crippen molar-refractivity contribution in [2.45, 2.75) is 19.5 Å². The number of nitrogens with zero attached hydrogens (tertiary/aromatic N) is 1. The van der Waals surface area contributed by atoms with Crippen molar-refractivity contribution < 1.29 is 4.79 Å². The highest BCUT2D eigenvalue weighted by molar-refractivity contribution is 7.07. The molecule has 0 aromatic carbocycles. The Labute approximate surface area is 124 Å². The Balaban J connectivity index is 0.00000147. The van der Waals surface area contributed by atoms with Crippen LogP contribution in [0.4, 0.5) is 0 Å². The number of rotatable bonds is 3. The molecular formula is C11H14ClN5O2S. The van der Waals surface area contributed by atoms with Gasteiger partial charge in [0.25, 0.3) is 5.91 Å². The lowest BCUT2D eigenvalue weighted by Gasteiger charge is -2.12. The molecule has 0 radical (unpaired) electrons. The van der Waals surface area contributed by atoms with Crippen molar-refractivity contribution in [2.24, 2.45) is 0 Å². The summed E-state index contributed by atoms with van der Waals surface area (Å²) in [4.78, 5) is 25.6. The zero-order valence-corrected chi connectivity index (χ0v) is 12.1. The first-order valence-corrected chi connectivity index (χ1v) is 6.83. The Hall–Kier alpha value is -1.64. The van der Waals surface area contributed by atoms with Crippen LogP contribution in [0.5, 0.6) is 0 Å². The number of aromatic nitrogens is 3. The number of aromatic amines is 2. The third-order valence-electron chi connectivity index (χ3n) is 3.03. The van der Waals surface area contributed by atoms with Crippen LogP contribution in [-0.2, 0) is 19.5 Å². The number of halogens is 1. The van der Waals surface area contributed by atoms with Crippen molar-refractivity contribution in [3.05, 3.63) is 37.7 Å². The Bertz CT molecular complexity index is 662. The highest BCUT2D eigenvalue weighted by atomic mass is 35.5. The van der Waals surface area contributed by atoms with Gasteiger partial charge in [0.1, 0.15) is 0 Å². The van der Waals surface area contributed by atoms with Crippen LogP contribution in [-0.4, -0.2) is 27.6 Å². The molecule has 1 amide bonds. The summed E-state index contributed by atoms with van der Waals surface area (Å²) in [6, 6.07) is 0. The second-order valence-corrected chi connectivity index (χ2v) is 5.15. The van der Waals surface area contributed by atoms with Crippen molar-refractivity contribution in [1.82, 2.24) is 25.8 Å². The Morgan fingerprint density at radius 2 is 2.35 bits per heavy atom. The molecule has 0 saturated heterocycles. The molecule has 108 valence electrons.